The predicted molar refractivity (Wildman–Crippen MR) is 155 cm³/mol. The summed E-state index contributed by atoms with van der Waals surface area (Å²) in [5, 5.41) is 26.9. The Labute approximate surface area is 233 Å². The van der Waals surface area contributed by atoms with Crippen LogP contribution in [0.25, 0.3) is 10.8 Å². The highest BCUT2D eigenvalue weighted by Crippen LogP contribution is 2.38. The second kappa shape index (κ2) is 12.1. The Morgan fingerprint density at radius 1 is 1.07 bits per heavy atom. The van der Waals surface area contributed by atoms with Gasteiger partial charge in [-0.05, 0) is 31.9 Å². The number of nitrogens with one attached hydrogen (secondary N) is 2. The second-order valence-electron chi connectivity index (χ2n) is 9.51. The van der Waals surface area contributed by atoms with Gasteiger partial charge in [0.2, 0.25) is 0 Å². The van der Waals surface area contributed by atoms with E-state index in [0.717, 1.165) is 37.5 Å². The molecule has 13 heteroatoms. The van der Waals surface area contributed by atoms with Crippen LogP contribution in [-0.4, -0.2) is 44.7 Å². The topological polar surface area (TPSA) is 174 Å². The highest BCUT2D eigenvalue weighted by Gasteiger charge is 2.22. The van der Waals surface area contributed by atoms with Crippen molar-refractivity contribution in [2.45, 2.75) is 50.0 Å². The number of aromatic nitrogens is 1. The molecule has 1 aliphatic rings. The van der Waals surface area contributed by atoms with Gasteiger partial charge in [-0.3, -0.25) is 4.55 Å². The van der Waals surface area contributed by atoms with Crippen LogP contribution in [0.5, 0.6) is 0 Å². The predicted octanol–water partition coefficient (Wildman–Crippen LogP) is 5.79. The summed E-state index contributed by atoms with van der Waals surface area (Å²) >= 11 is 0. The maximum absolute atomic E-state index is 11.9. The smallest absolute Gasteiger partial charge is 0.295 e. The van der Waals surface area contributed by atoms with Crippen LogP contribution in [-0.2, 0) is 20.0 Å². The third-order valence-electron chi connectivity index (χ3n) is 6.80. The molecular weight excluding hydrogens is 552 g/mol. The normalized spacial score (nSPS) is 14.7. The first-order valence-corrected chi connectivity index (χ1v) is 15.9. The summed E-state index contributed by atoms with van der Waals surface area (Å²) in [6.07, 6.45) is 5.18. The van der Waals surface area contributed by atoms with Crippen molar-refractivity contribution in [2.24, 2.45) is 10.2 Å². The van der Waals surface area contributed by atoms with Crippen LogP contribution in [0.15, 0.2) is 63.5 Å². The first kappa shape index (κ1) is 29.1. The minimum Gasteiger partial charge on any atom is -0.368 e. The van der Waals surface area contributed by atoms with Gasteiger partial charge in [0.25, 0.3) is 10.1 Å². The van der Waals surface area contributed by atoms with E-state index in [0.29, 0.717) is 33.5 Å². The van der Waals surface area contributed by atoms with Gasteiger partial charge in [-0.2, -0.15) is 13.7 Å². The molecule has 40 heavy (non-hydrogen) atoms. The van der Waals surface area contributed by atoms with E-state index < -0.39 is 20.0 Å². The minimum absolute atomic E-state index is 0.0330. The molecule has 0 radical (unpaired) electrons. The average Bonchev–Trinajstić information content (AvgIpc) is 2.92. The standard InChI is InChI=1S/C27H30N6O5S2/c1-3-39(34,35)16-15-29-26-22(17-28)18(2)25(27(31-26)30-19-9-5-4-6-10-19)33-32-23-13-14-24(40(36,37)38)21-12-8-7-11-20(21)23/h3,7-8,11-14,19H,1,4-6,9-10,15-16H2,2H3,(H2,29,30,31)(H,36,37,38)/b33-32+. The van der Waals surface area contributed by atoms with Gasteiger partial charge in [-0.1, -0.05) is 50.1 Å². The molecule has 0 spiro atoms. The van der Waals surface area contributed by atoms with E-state index in [9.17, 15) is 26.7 Å². The van der Waals surface area contributed by atoms with E-state index in [2.05, 4.69) is 38.5 Å². The quantitative estimate of drug-likeness (QED) is 0.197. The van der Waals surface area contributed by atoms with Gasteiger partial charge in [0.1, 0.15) is 22.5 Å². The summed E-state index contributed by atoms with van der Waals surface area (Å²) < 4.78 is 57.1. The maximum atomic E-state index is 11.9. The van der Waals surface area contributed by atoms with Gasteiger partial charge in [0.05, 0.1) is 17.0 Å². The lowest BCUT2D eigenvalue weighted by molar-refractivity contribution is 0.462. The molecule has 1 heterocycles. The Morgan fingerprint density at radius 3 is 2.42 bits per heavy atom. The fourth-order valence-corrected chi connectivity index (χ4v) is 5.94. The lowest BCUT2D eigenvalue weighted by Crippen LogP contribution is -2.23. The first-order valence-electron chi connectivity index (χ1n) is 12.8. The molecular formula is C27H30N6O5S2. The molecule has 4 rings (SSSR count). The summed E-state index contributed by atoms with van der Waals surface area (Å²) in [6.45, 7) is 5.07. The molecule has 1 aromatic heterocycles. The first-order chi connectivity index (χ1) is 19.0. The van der Waals surface area contributed by atoms with Gasteiger partial charge in [-0.25, -0.2) is 13.4 Å². The number of nitrogens with zero attached hydrogens (tertiary/aromatic N) is 4. The molecule has 0 aliphatic heterocycles. The highest BCUT2D eigenvalue weighted by molar-refractivity contribution is 7.94. The van der Waals surface area contributed by atoms with Crippen LogP contribution in [0.4, 0.5) is 23.0 Å². The van der Waals surface area contributed by atoms with Gasteiger partial charge in [0, 0.05) is 34.3 Å². The van der Waals surface area contributed by atoms with Crippen molar-refractivity contribution in [1.29, 1.82) is 5.26 Å². The zero-order valence-corrected chi connectivity index (χ0v) is 23.6. The monoisotopic (exact) mass is 582 g/mol. The van der Waals surface area contributed by atoms with E-state index in [1.807, 2.05) is 0 Å². The Morgan fingerprint density at radius 2 is 1.77 bits per heavy atom. The Kier molecular flexibility index (Phi) is 8.82. The highest BCUT2D eigenvalue weighted by atomic mass is 32.2. The molecule has 1 saturated carbocycles. The van der Waals surface area contributed by atoms with E-state index in [1.54, 1.807) is 31.2 Å². The van der Waals surface area contributed by atoms with E-state index >= 15 is 0 Å². The van der Waals surface area contributed by atoms with Gasteiger partial charge in [0.15, 0.2) is 15.7 Å². The van der Waals surface area contributed by atoms with Crippen LogP contribution >= 0.6 is 0 Å². The fraction of sp³-hybridized carbons (Fsp3) is 0.333. The number of fused-ring (bicyclic) bond motifs is 1. The van der Waals surface area contributed by atoms with E-state index in [4.69, 9.17) is 0 Å². The van der Waals surface area contributed by atoms with Crippen LogP contribution < -0.4 is 10.6 Å². The number of hydrogen-bond donors (Lipinski definition) is 3. The molecule has 0 unspecified atom stereocenters. The van der Waals surface area contributed by atoms with Crippen LogP contribution in [0, 0.1) is 18.3 Å². The SMILES string of the molecule is C=CS(=O)(=O)CCNc1nc(NC2CCCCC2)c(/N=N/c2ccc(S(=O)(=O)O)c3ccccc23)c(C)c1C#N. The van der Waals surface area contributed by atoms with Crippen molar-refractivity contribution in [3.05, 3.63) is 59.5 Å². The Bertz CT molecular complexity index is 1720. The van der Waals surface area contributed by atoms with E-state index in [-0.39, 0.29) is 34.6 Å². The summed E-state index contributed by atoms with van der Waals surface area (Å²) in [5.41, 5.74) is 1.40. The van der Waals surface area contributed by atoms with Crippen molar-refractivity contribution in [3.63, 3.8) is 0 Å². The number of azo groups is 1. The molecule has 1 fully saturated rings. The Balaban J connectivity index is 1.78. The summed E-state index contributed by atoms with van der Waals surface area (Å²) in [6, 6.07) is 11.6. The lowest BCUT2D eigenvalue weighted by atomic mass is 9.95. The molecule has 11 nitrogen and oxygen atoms in total. The number of nitriles is 1. The summed E-state index contributed by atoms with van der Waals surface area (Å²) in [7, 11) is -7.90. The second-order valence-corrected chi connectivity index (χ2v) is 13.0. The average molecular weight is 583 g/mol. The van der Waals surface area contributed by atoms with Crippen LogP contribution in [0.3, 0.4) is 0 Å². The number of pyridine rings is 1. The van der Waals surface area contributed by atoms with Gasteiger partial charge in [-0.15, -0.1) is 10.2 Å². The molecule has 0 saturated heterocycles. The van der Waals surface area contributed by atoms with Gasteiger partial charge >= 0.3 is 0 Å². The Hall–Kier alpha value is -3.86. The zero-order chi connectivity index (χ0) is 28.9. The third-order valence-corrected chi connectivity index (χ3v) is 9.00. The van der Waals surface area contributed by atoms with Crippen molar-refractivity contribution in [3.8, 4) is 6.07 Å². The molecule has 210 valence electrons. The number of hydrogen-bond acceptors (Lipinski definition) is 10. The molecule has 0 atom stereocenters. The molecule has 2 aromatic carbocycles. The largest absolute Gasteiger partial charge is 0.368 e. The lowest BCUT2D eigenvalue weighted by Gasteiger charge is -2.25. The van der Waals surface area contributed by atoms with Crippen molar-refractivity contribution < 1.29 is 21.4 Å². The molecule has 3 aromatic rings. The number of benzene rings is 2. The van der Waals surface area contributed by atoms with Crippen molar-refractivity contribution >= 4 is 53.7 Å². The van der Waals surface area contributed by atoms with Crippen LogP contribution in [0.2, 0.25) is 0 Å². The molecule has 1 aliphatic carbocycles. The van der Waals surface area contributed by atoms with E-state index in [1.165, 1.54) is 12.1 Å². The summed E-state index contributed by atoms with van der Waals surface area (Å²) in [4.78, 5) is 4.40. The molecule has 3 N–H and O–H groups in total. The molecule has 0 bridgehead atoms. The maximum Gasteiger partial charge on any atom is 0.295 e. The fourth-order valence-electron chi connectivity index (χ4n) is 4.69. The number of sulfone groups is 1. The van der Waals surface area contributed by atoms with Gasteiger partial charge < -0.3 is 10.6 Å². The molecule has 0 amide bonds. The number of anilines is 2. The minimum atomic E-state index is -4.45. The number of rotatable bonds is 10. The summed E-state index contributed by atoms with van der Waals surface area (Å²) in [5.74, 6) is 0.432. The third kappa shape index (κ3) is 6.64. The zero-order valence-electron chi connectivity index (χ0n) is 22.0. The van der Waals surface area contributed by atoms with Crippen LogP contribution in [0.1, 0.15) is 43.2 Å². The van der Waals surface area contributed by atoms with Crippen molar-refractivity contribution in [1.82, 2.24) is 4.98 Å². The van der Waals surface area contributed by atoms with Crippen molar-refractivity contribution in [2.75, 3.05) is 22.9 Å².